The van der Waals surface area contributed by atoms with E-state index in [2.05, 4.69) is 5.32 Å². The van der Waals surface area contributed by atoms with Gasteiger partial charge in [0, 0.05) is 6.42 Å². The van der Waals surface area contributed by atoms with E-state index < -0.39 is 30.4 Å². The summed E-state index contributed by atoms with van der Waals surface area (Å²) in [5.74, 6) is -2.21. The Morgan fingerprint density at radius 2 is 1.89 bits per heavy atom. The maximum atomic E-state index is 11.8. The highest BCUT2D eigenvalue weighted by Crippen LogP contribution is 2.06. The van der Waals surface area contributed by atoms with Crippen LogP contribution in [0.2, 0.25) is 0 Å². The zero-order valence-electron chi connectivity index (χ0n) is 11.2. The van der Waals surface area contributed by atoms with E-state index in [1.807, 2.05) is 0 Å². The molecule has 0 saturated carbocycles. The summed E-state index contributed by atoms with van der Waals surface area (Å²) in [6.07, 6.45) is 1.74. The Bertz CT molecular complexity index is 320. The van der Waals surface area contributed by atoms with E-state index in [4.69, 9.17) is 16.6 Å². The molecule has 0 aromatic rings. The van der Waals surface area contributed by atoms with Crippen molar-refractivity contribution in [3.05, 3.63) is 0 Å². The van der Waals surface area contributed by atoms with Crippen molar-refractivity contribution in [3.8, 4) is 0 Å². The third-order valence-corrected chi connectivity index (χ3v) is 2.73. The molecule has 6 N–H and O–H groups in total. The van der Waals surface area contributed by atoms with Crippen molar-refractivity contribution in [3.63, 3.8) is 0 Å². The molecule has 0 aliphatic carbocycles. The Kier molecular flexibility index (Phi) is 8.73. The summed E-state index contributed by atoms with van der Waals surface area (Å²) in [5, 5.41) is 11.5. The van der Waals surface area contributed by atoms with Crippen LogP contribution in [0, 0.1) is 5.92 Å². The first-order valence-corrected chi connectivity index (χ1v) is 6.32. The van der Waals surface area contributed by atoms with Gasteiger partial charge in [0.05, 0.1) is 12.5 Å². The number of primary amides is 1. The van der Waals surface area contributed by atoms with Gasteiger partial charge in [0.1, 0.15) is 11.8 Å². The summed E-state index contributed by atoms with van der Waals surface area (Å²) >= 11 is 0. The Morgan fingerprint density at radius 1 is 1.26 bits per heavy atom. The van der Waals surface area contributed by atoms with Gasteiger partial charge in [-0.05, 0) is 32.7 Å². The van der Waals surface area contributed by atoms with Crippen LogP contribution < -0.4 is 16.8 Å². The number of carbonyl (C=O) groups excluding carboxylic acids is 3. The smallest absolute Gasteiger partial charge is 0.239 e. The number of unbranched alkanes of at least 4 members (excludes halogenated alkanes) is 1. The molecule has 0 unspecified atom stereocenters. The van der Waals surface area contributed by atoms with Crippen molar-refractivity contribution < 1.29 is 19.5 Å². The second-order valence-corrected chi connectivity index (χ2v) is 4.53. The van der Waals surface area contributed by atoms with Gasteiger partial charge in [-0.3, -0.25) is 9.59 Å². The van der Waals surface area contributed by atoms with Crippen LogP contribution in [-0.4, -0.2) is 41.9 Å². The summed E-state index contributed by atoms with van der Waals surface area (Å²) in [7, 11) is 0. The number of hydrogen-bond donors (Lipinski definition) is 4. The molecule has 0 spiro atoms. The molecule has 0 aromatic heterocycles. The van der Waals surface area contributed by atoms with Gasteiger partial charge in [0.2, 0.25) is 11.8 Å². The van der Waals surface area contributed by atoms with Gasteiger partial charge in [0.15, 0.2) is 0 Å². The fourth-order valence-electron chi connectivity index (χ4n) is 1.66. The molecule has 0 aliphatic rings. The Morgan fingerprint density at radius 3 is 2.32 bits per heavy atom. The number of Topliss-reactive ketones (excluding diaryl/α,β-unsaturated/α-hetero) is 1. The molecule has 7 heteroatoms. The van der Waals surface area contributed by atoms with Crippen molar-refractivity contribution in [1.29, 1.82) is 0 Å². The second-order valence-electron chi connectivity index (χ2n) is 4.53. The number of hydrogen-bond acceptors (Lipinski definition) is 5. The molecule has 0 aliphatic heterocycles. The first-order valence-electron chi connectivity index (χ1n) is 6.32. The lowest BCUT2D eigenvalue weighted by atomic mass is 10.0. The zero-order chi connectivity index (χ0) is 14.8. The third-order valence-electron chi connectivity index (χ3n) is 2.73. The lowest BCUT2D eigenvalue weighted by Crippen LogP contribution is -2.47. The molecule has 0 heterocycles. The van der Waals surface area contributed by atoms with E-state index in [1.54, 1.807) is 0 Å². The van der Waals surface area contributed by atoms with Crippen LogP contribution in [0.3, 0.4) is 0 Å². The minimum absolute atomic E-state index is 0.0589. The molecule has 0 bridgehead atoms. The number of aliphatic hydroxyl groups is 1. The van der Waals surface area contributed by atoms with Gasteiger partial charge >= 0.3 is 0 Å². The van der Waals surface area contributed by atoms with E-state index in [1.165, 1.54) is 6.92 Å². The van der Waals surface area contributed by atoms with Gasteiger partial charge in [-0.1, -0.05) is 0 Å². The molecule has 19 heavy (non-hydrogen) atoms. The summed E-state index contributed by atoms with van der Waals surface area (Å²) in [4.78, 5) is 34.0. The third kappa shape index (κ3) is 7.53. The maximum Gasteiger partial charge on any atom is 0.239 e. The molecular formula is C12H23N3O4. The SMILES string of the molecule is CC(=O)C[C@@H](CO)C(=O)N[C@@H](CCCCN)C(N)=O. The molecule has 2 amide bonds. The number of carbonyl (C=O) groups is 3. The van der Waals surface area contributed by atoms with Crippen molar-refractivity contribution in [1.82, 2.24) is 5.32 Å². The zero-order valence-corrected chi connectivity index (χ0v) is 11.2. The molecule has 0 rings (SSSR count). The summed E-state index contributed by atoms with van der Waals surface area (Å²) in [5.41, 5.74) is 10.5. The van der Waals surface area contributed by atoms with Crippen molar-refractivity contribution in [2.75, 3.05) is 13.2 Å². The van der Waals surface area contributed by atoms with Gasteiger partial charge < -0.3 is 26.7 Å². The molecule has 0 saturated heterocycles. The van der Waals surface area contributed by atoms with Crippen molar-refractivity contribution in [2.45, 2.75) is 38.6 Å². The number of amides is 2. The number of ketones is 1. The minimum atomic E-state index is -0.839. The Hall–Kier alpha value is -1.47. The molecule has 110 valence electrons. The monoisotopic (exact) mass is 273 g/mol. The van der Waals surface area contributed by atoms with Crippen LogP contribution in [-0.2, 0) is 14.4 Å². The fourth-order valence-corrected chi connectivity index (χ4v) is 1.66. The van der Waals surface area contributed by atoms with E-state index in [0.717, 1.165) is 6.42 Å². The predicted octanol–water partition coefficient (Wildman–Crippen LogP) is -1.33. The van der Waals surface area contributed by atoms with Crippen LogP contribution >= 0.6 is 0 Å². The maximum absolute atomic E-state index is 11.8. The lowest BCUT2D eigenvalue weighted by Gasteiger charge is -2.19. The van der Waals surface area contributed by atoms with Crippen LogP contribution in [0.1, 0.15) is 32.6 Å². The van der Waals surface area contributed by atoms with Crippen molar-refractivity contribution in [2.24, 2.45) is 17.4 Å². The van der Waals surface area contributed by atoms with E-state index in [0.29, 0.717) is 19.4 Å². The van der Waals surface area contributed by atoms with Crippen molar-refractivity contribution >= 4 is 17.6 Å². The predicted molar refractivity (Wildman–Crippen MR) is 69.9 cm³/mol. The molecule has 0 radical (unpaired) electrons. The van der Waals surface area contributed by atoms with Crippen LogP contribution in [0.25, 0.3) is 0 Å². The molecule has 7 nitrogen and oxygen atoms in total. The average molecular weight is 273 g/mol. The molecule has 0 aromatic carbocycles. The van der Waals surface area contributed by atoms with Gasteiger partial charge in [-0.2, -0.15) is 0 Å². The lowest BCUT2D eigenvalue weighted by molar-refractivity contribution is -0.133. The quantitative estimate of drug-likeness (QED) is 0.366. The number of rotatable bonds is 10. The first-order chi connectivity index (χ1) is 8.92. The highest BCUT2D eigenvalue weighted by Gasteiger charge is 2.24. The van der Waals surface area contributed by atoms with E-state index in [9.17, 15) is 14.4 Å². The van der Waals surface area contributed by atoms with Gasteiger partial charge in [-0.15, -0.1) is 0 Å². The fraction of sp³-hybridized carbons (Fsp3) is 0.750. The number of aliphatic hydroxyl groups excluding tert-OH is 1. The van der Waals surface area contributed by atoms with Crippen LogP contribution in [0.5, 0.6) is 0 Å². The Balaban J connectivity index is 4.43. The summed E-state index contributed by atoms with van der Waals surface area (Å²) < 4.78 is 0. The number of nitrogens with two attached hydrogens (primary N) is 2. The van der Waals surface area contributed by atoms with E-state index >= 15 is 0 Å². The van der Waals surface area contributed by atoms with Crippen LogP contribution in [0.15, 0.2) is 0 Å². The standard InChI is InChI=1S/C12H23N3O4/c1-8(17)6-9(7-16)12(19)15-10(11(14)18)4-2-3-5-13/h9-10,16H,2-7,13H2,1H3,(H2,14,18)(H,15,19)/t9-,10-/m0/s1. The van der Waals surface area contributed by atoms with Gasteiger partial charge in [-0.25, -0.2) is 0 Å². The van der Waals surface area contributed by atoms with Gasteiger partial charge in [0.25, 0.3) is 0 Å². The second kappa shape index (κ2) is 9.46. The highest BCUT2D eigenvalue weighted by molar-refractivity contribution is 5.90. The largest absolute Gasteiger partial charge is 0.396 e. The van der Waals surface area contributed by atoms with Crippen LogP contribution in [0.4, 0.5) is 0 Å². The topological polar surface area (TPSA) is 136 Å². The average Bonchev–Trinajstić information content (AvgIpc) is 2.34. The number of nitrogens with one attached hydrogen (secondary N) is 1. The first kappa shape index (κ1) is 17.5. The normalized spacial score (nSPS) is 13.6. The highest BCUT2D eigenvalue weighted by atomic mass is 16.3. The molecule has 2 atom stereocenters. The summed E-state index contributed by atoms with van der Waals surface area (Å²) in [6, 6.07) is -0.792. The summed E-state index contributed by atoms with van der Waals surface area (Å²) in [6.45, 7) is 1.39. The molecule has 0 fully saturated rings. The van der Waals surface area contributed by atoms with E-state index in [-0.39, 0.29) is 12.2 Å². The minimum Gasteiger partial charge on any atom is -0.396 e. The molecular weight excluding hydrogens is 250 g/mol. The Labute approximate surface area is 112 Å².